The van der Waals surface area contributed by atoms with Gasteiger partial charge in [0.05, 0.1) is 23.4 Å². The van der Waals surface area contributed by atoms with Crippen molar-refractivity contribution in [1.29, 1.82) is 0 Å². The minimum atomic E-state index is -4.10. The monoisotopic (exact) mass is 561 g/mol. The van der Waals surface area contributed by atoms with Gasteiger partial charge in [0.15, 0.2) is 0 Å². The molecule has 0 radical (unpaired) electrons. The summed E-state index contributed by atoms with van der Waals surface area (Å²) < 4.78 is 41.2. The lowest BCUT2D eigenvalue weighted by Crippen LogP contribution is -2.35. The van der Waals surface area contributed by atoms with E-state index in [0.29, 0.717) is 24.1 Å². The van der Waals surface area contributed by atoms with E-state index in [-0.39, 0.29) is 29.4 Å². The Labute approximate surface area is 235 Å². The van der Waals surface area contributed by atoms with E-state index in [1.165, 1.54) is 7.11 Å². The molecular formula is C30H35N5O4S. The molecule has 1 aliphatic rings. The Hall–Kier alpha value is -3.76. The van der Waals surface area contributed by atoms with Crippen LogP contribution in [-0.2, 0) is 14.8 Å². The van der Waals surface area contributed by atoms with Gasteiger partial charge in [0.25, 0.3) is 10.0 Å². The van der Waals surface area contributed by atoms with Gasteiger partial charge in [0.2, 0.25) is 11.8 Å². The SMILES string of the molecule is COCN1c2nc(cc(-c3c(C)cccc3C)n2)OC[C@@H](CC(C)C)C(c2cn[nH]c2)c2cccc(c2)S1(=O)=O. The minimum Gasteiger partial charge on any atom is -0.477 e. The summed E-state index contributed by atoms with van der Waals surface area (Å²) >= 11 is 0. The van der Waals surface area contributed by atoms with Crippen molar-refractivity contribution in [3.05, 3.63) is 83.2 Å². The lowest BCUT2D eigenvalue weighted by molar-refractivity contribution is 0.202. The molecule has 2 atom stereocenters. The van der Waals surface area contributed by atoms with Gasteiger partial charge in [-0.3, -0.25) is 5.10 Å². The number of ether oxygens (including phenoxy) is 2. The van der Waals surface area contributed by atoms with Crippen LogP contribution in [-0.4, -0.2) is 49.0 Å². The van der Waals surface area contributed by atoms with Gasteiger partial charge < -0.3 is 9.47 Å². The summed E-state index contributed by atoms with van der Waals surface area (Å²) in [6.45, 7) is 8.47. The fourth-order valence-corrected chi connectivity index (χ4v) is 6.89. The maximum Gasteiger partial charge on any atom is 0.268 e. The van der Waals surface area contributed by atoms with E-state index in [1.54, 1.807) is 30.5 Å². The van der Waals surface area contributed by atoms with E-state index >= 15 is 0 Å². The molecule has 1 N–H and O–H groups in total. The molecule has 4 aromatic rings. The molecule has 0 amide bonds. The summed E-state index contributed by atoms with van der Waals surface area (Å²) in [6, 6.07) is 14.9. The molecule has 0 fully saturated rings. The molecule has 2 aromatic heterocycles. The highest BCUT2D eigenvalue weighted by Crippen LogP contribution is 2.38. The quantitative estimate of drug-likeness (QED) is 0.332. The predicted molar refractivity (Wildman–Crippen MR) is 154 cm³/mol. The van der Waals surface area contributed by atoms with Crippen molar-refractivity contribution in [2.24, 2.45) is 11.8 Å². The molecule has 0 saturated heterocycles. The average molecular weight is 562 g/mol. The first-order valence-corrected chi connectivity index (χ1v) is 14.8. The van der Waals surface area contributed by atoms with Crippen molar-refractivity contribution in [3.63, 3.8) is 0 Å². The maximum absolute atomic E-state index is 14.1. The lowest BCUT2D eigenvalue weighted by Gasteiger charge is -2.30. The zero-order valence-electron chi connectivity index (χ0n) is 23.5. The summed E-state index contributed by atoms with van der Waals surface area (Å²) in [5.74, 6) is 0.557. The first-order valence-electron chi connectivity index (χ1n) is 13.4. The molecular weight excluding hydrogens is 526 g/mol. The molecule has 0 aliphatic carbocycles. The van der Waals surface area contributed by atoms with Crippen LogP contribution in [0.4, 0.5) is 5.95 Å². The summed E-state index contributed by atoms with van der Waals surface area (Å²) in [4.78, 5) is 9.49. The lowest BCUT2D eigenvalue weighted by atomic mass is 9.78. The number of anilines is 1. The highest BCUT2D eigenvalue weighted by atomic mass is 32.2. The fourth-order valence-electron chi connectivity index (χ4n) is 5.56. The fraction of sp³-hybridized carbons (Fsp3) is 0.367. The largest absolute Gasteiger partial charge is 0.477 e. The zero-order valence-corrected chi connectivity index (χ0v) is 24.3. The molecule has 0 spiro atoms. The molecule has 1 aliphatic heterocycles. The van der Waals surface area contributed by atoms with Crippen LogP contribution in [0.2, 0.25) is 0 Å². The summed E-state index contributed by atoms with van der Waals surface area (Å²) in [5, 5.41) is 7.12. The Balaban J connectivity index is 1.76. The van der Waals surface area contributed by atoms with Gasteiger partial charge in [0, 0.05) is 36.8 Å². The highest BCUT2D eigenvalue weighted by Gasteiger charge is 2.33. The Bertz CT molecular complexity index is 1570. The van der Waals surface area contributed by atoms with Crippen LogP contribution in [0.25, 0.3) is 11.3 Å². The predicted octanol–water partition coefficient (Wildman–Crippen LogP) is 5.47. The topological polar surface area (TPSA) is 110 Å². The van der Waals surface area contributed by atoms with Crippen LogP contribution in [0.15, 0.2) is 65.8 Å². The van der Waals surface area contributed by atoms with Crippen LogP contribution in [0, 0.1) is 25.7 Å². The Morgan fingerprint density at radius 3 is 2.50 bits per heavy atom. The molecule has 0 saturated carbocycles. The number of benzene rings is 2. The zero-order chi connectivity index (χ0) is 28.4. The number of rotatable bonds is 6. The van der Waals surface area contributed by atoms with Gasteiger partial charge >= 0.3 is 0 Å². The number of nitrogens with zero attached hydrogens (tertiary/aromatic N) is 4. The van der Waals surface area contributed by atoms with Gasteiger partial charge in [-0.05, 0) is 60.6 Å². The molecule has 2 aromatic carbocycles. The summed E-state index contributed by atoms with van der Waals surface area (Å²) in [7, 11) is -2.65. The number of H-pyrrole nitrogens is 1. The Morgan fingerprint density at radius 1 is 1.07 bits per heavy atom. The summed E-state index contributed by atoms with van der Waals surface area (Å²) in [6.07, 6.45) is 4.51. The van der Waals surface area contributed by atoms with Crippen LogP contribution in [0.5, 0.6) is 5.88 Å². The standard InChI is InChI=1S/C30H35N5O4S/c1-19(2)12-23-17-39-27-14-26(28-20(3)8-6-9-21(28)4)33-30(34-27)35(18-38-5)40(36,37)25-11-7-10-22(13-25)29(23)24-15-31-32-16-24/h6-11,13-16,19,23,29H,12,17-18H2,1-5H3,(H,31,32)/t23-,29?/m1/s1. The van der Waals surface area contributed by atoms with Crippen molar-refractivity contribution in [1.82, 2.24) is 20.2 Å². The van der Waals surface area contributed by atoms with E-state index < -0.39 is 10.0 Å². The van der Waals surface area contributed by atoms with E-state index in [4.69, 9.17) is 14.5 Å². The van der Waals surface area contributed by atoms with Crippen molar-refractivity contribution in [2.45, 2.75) is 44.9 Å². The minimum absolute atomic E-state index is 0.00484. The van der Waals surface area contributed by atoms with Crippen LogP contribution >= 0.6 is 0 Å². The normalized spacial score (nSPS) is 18.6. The Morgan fingerprint density at radius 2 is 1.82 bits per heavy atom. The smallest absolute Gasteiger partial charge is 0.268 e. The average Bonchev–Trinajstić information content (AvgIpc) is 3.44. The van der Waals surface area contributed by atoms with E-state index in [0.717, 1.165) is 38.5 Å². The van der Waals surface area contributed by atoms with Gasteiger partial charge in [-0.15, -0.1) is 0 Å². The molecule has 5 rings (SSSR count). The molecule has 40 heavy (non-hydrogen) atoms. The number of aryl methyl sites for hydroxylation is 2. The van der Waals surface area contributed by atoms with E-state index in [1.807, 2.05) is 44.3 Å². The number of aromatic nitrogens is 4. The van der Waals surface area contributed by atoms with Gasteiger partial charge in [0.1, 0.15) is 6.73 Å². The summed E-state index contributed by atoms with van der Waals surface area (Å²) in [5.41, 5.74) is 5.37. The molecule has 1 unspecified atom stereocenters. The third-order valence-corrected chi connectivity index (χ3v) is 8.97. The van der Waals surface area contributed by atoms with Crippen molar-refractivity contribution < 1.29 is 17.9 Å². The highest BCUT2D eigenvalue weighted by molar-refractivity contribution is 7.92. The first-order chi connectivity index (χ1) is 19.2. The second-order valence-corrected chi connectivity index (χ2v) is 12.6. The second kappa shape index (κ2) is 11.4. The molecule has 210 valence electrons. The third kappa shape index (κ3) is 5.46. The van der Waals surface area contributed by atoms with E-state index in [2.05, 4.69) is 29.0 Å². The van der Waals surface area contributed by atoms with Crippen LogP contribution in [0.1, 0.15) is 48.4 Å². The van der Waals surface area contributed by atoms with Crippen LogP contribution in [0.3, 0.4) is 0 Å². The maximum atomic E-state index is 14.1. The first kappa shape index (κ1) is 27.8. The number of aromatic amines is 1. The van der Waals surface area contributed by atoms with Gasteiger partial charge in [-0.2, -0.15) is 10.1 Å². The van der Waals surface area contributed by atoms with Crippen molar-refractivity contribution in [3.8, 4) is 17.1 Å². The number of hydrogen-bond acceptors (Lipinski definition) is 7. The number of methoxy groups -OCH3 is 1. The molecule has 4 bridgehead atoms. The number of nitrogens with one attached hydrogen (secondary N) is 1. The Kier molecular flexibility index (Phi) is 7.91. The van der Waals surface area contributed by atoms with E-state index in [9.17, 15) is 8.42 Å². The third-order valence-electron chi connectivity index (χ3n) is 7.27. The van der Waals surface area contributed by atoms with Crippen molar-refractivity contribution in [2.75, 3.05) is 24.8 Å². The molecule has 3 heterocycles. The van der Waals surface area contributed by atoms with Gasteiger partial charge in [-0.1, -0.05) is 44.2 Å². The molecule has 10 heteroatoms. The number of sulfonamides is 1. The van der Waals surface area contributed by atoms with Gasteiger partial charge in [-0.25, -0.2) is 17.7 Å². The second-order valence-electron chi connectivity index (χ2n) is 10.7. The number of fused-ring (bicyclic) bond motifs is 4. The molecule has 9 nitrogen and oxygen atoms in total. The van der Waals surface area contributed by atoms with Crippen LogP contribution < -0.4 is 9.04 Å². The number of hydrogen-bond donors (Lipinski definition) is 1. The van der Waals surface area contributed by atoms with Crippen molar-refractivity contribution >= 4 is 16.0 Å².